The Kier molecular flexibility index (Phi) is 7.68. The maximum absolute atomic E-state index is 13.4. The summed E-state index contributed by atoms with van der Waals surface area (Å²) in [6.07, 6.45) is 4.35. The number of amides is 2. The first-order chi connectivity index (χ1) is 19.4. The van der Waals surface area contributed by atoms with E-state index in [-0.39, 0.29) is 30.3 Å². The summed E-state index contributed by atoms with van der Waals surface area (Å²) in [6.45, 7) is 4.79. The number of benzene rings is 2. The highest BCUT2D eigenvalue weighted by Gasteiger charge is 2.27. The van der Waals surface area contributed by atoms with Crippen LogP contribution in [-0.2, 0) is 4.79 Å². The molecule has 3 heterocycles. The lowest BCUT2D eigenvalue weighted by Crippen LogP contribution is -2.40. The highest BCUT2D eigenvalue weighted by atomic mass is 19.1. The number of ether oxygens (including phenoxy) is 1. The summed E-state index contributed by atoms with van der Waals surface area (Å²) in [5, 5.41) is 7.88. The van der Waals surface area contributed by atoms with Gasteiger partial charge in [0.15, 0.2) is 5.65 Å². The van der Waals surface area contributed by atoms with Gasteiger partial charge in [0.25, 0.3) is 5.91 Å². The number of likely N-dealkylation sites (tertiary alicyclic amines) is 1. The first-order valence-electron chi connectivity index (χ1n) is 12.6. The number of carbonyl (C=O) groups excluding carboxylic acids is 2. The standard InChI is InChI=1S/C29H26FN7O3/c1-2-25(38)36-14-4-8-22(17-36)37-28-26(27(31)32-18-33-28)24(35-37)9-5-15-40-23-12-10-19(11-13-23)29(39)34-21-7-3-6-20(30)16-21/h2-3,6-7,10-13,16,18,22H,1,4,8,14-15,17H2,(H,34,39)(H2,31,32,33)/t22-/m1/s1. The number of aromatic nitrogens is 4. The van der Waals surface area contributed by atoms with Crippen LogP contribution in [0.3, 0.4) is 0 Å². The number of halogens is 1. The lowest BCUT2D eigenvalue weighted by molar-refractivity contribution is -0.127. The van der Waals surface area contributed by atoms with E-state index in [1.165, 1.54) is 30.6 Å². The Labute approximate surface area is 229 Å². The Morgan fingerprint density at radius 2 is 2.05 bits per heavy atom. The summed E-state index contributed by atoms with van der Waals surface area (Å²) in [4.78, 5) is 34.8. The number of piperidine rings is 1. The fourth-order valence-electron chi connectivity index (χ4n) is 4.53. The highest BCUT2D eigenvalue weighted by molar-refractivity contribution is 6.04. The number of nitrogens with zero attached hydrogens (tertiary/aromatic N) is 5. The molecule has 1 aliphatic heterocycles. The summed E-state index contributed by atoms with van der Waals surface area (Å²) < 4.78 is 20.8. The topological polar surface area (TPSA) is 128 Å². The SMILES string of the molecule is C=CC(=O)N1CCC[C@@H](n2nc(C#CCOc3ccc(C(=O)Nc4cccc(F)c4)cc3)c3c(N)ncnc32)C1. The van der Waals surface area contributed by atoms with Gasteiger partial charge in [0.05, 0.1) is 11.4 Å². The van der Waals surface area contributed by atoms with Crippen LogP contribution in [0.2, 0.25) is 0 Å². The number of hydrogen-bond acceptors (Lipinski definition) is 7. The normalized spacial score (nSPS) is 14.7. The Hall–Kier alpha value is -5.24. The van der Waals surface area contributed by atoms with Crippen LogP contribution in [0.1, 0.15) is 34.9 Å². The number of anilines is 2. The van der Waals surface area contributed by atoms with E-state index in [1.54, 1.807) is 39.9 Å². The lowest BCUT2D eigenvalue weighted by atomic mass is 10.1. The van der Waals surface area contributed by atoms with Crippen LogP contribution in [0, 0.1) is 17.7 Å². The van der Waals surface area contributed by atoms with Crippen LogP contribution in [0.5, 0.6) is 5.75 Å². The number of nitrogens with one attached hydrogen (secondary N) is 1. The van der Waals surface area contributed by atoms with Crippen molar-refractivity contribution >= 4 is 34.4 Å². The Morgan fingerprint density at radius 1 is 1.23 bits per heavy atom. The van der Waals surface area contributed by atoms with Crippen LogP contribution in [0.25, 0.3) is 11.0 Å². The third kappa shape index (κ3) is 5.76. The monoisotopic (exact) mass is 539 g/mol. The molecule has 1 fully saturated rings. The van der Waals surface area contributed by atoms with Crippen molar-refractivity contribution in [2.75, 3.05) is 30.7 Å². The summed E-state index contributed by atoms with van der Waals surface area (Å²) in [6, 6.07) is 12.1. The van der Waals surface area contributed by atoms with Crippen molar-refractivity contribution < 1.29 is 18.7 Å². The molecule has 1 atom stereocenters. The third-order valence-corrected chi connectivity index (χ3v) is 6.46. The van der Waals surface area contributed by atoms with Crippen molar-refractivity contribution in [1.82, 2.24) is 24.6 Å². The molecule has 2 amide bonds. The first kappa shape index (κ1) is 26.4. The second-order valence-corrected chi connectivity index (χ2v) is 9.11. The van der Waals surface area contributed by atoms with Crippen LogP contribution in [0.15, 0.2) is 67.5 Å². The lowest BCUT2D eigenvalue weighted by Gasteiger charge is -2.32. The molecule has 5 rings (SSSR count). The molecule has 0 bridgehead atoms. The van der Waals surface area contributed by atoms with Crippen molar-refractivity contribution in [3.8, 4) is 17.6 Å². The molecule has 11 heteroatoms. The van der Waals surface area contributed by atoms with Gasteiger partial charge in [0.2, 0.25) is 5.91 Å². The molecule has 40 heavy (non-hydrogen) atoms. The molecular weight excluding hydrogens is 513 g/mol. The van der Waals surface area contributed by atoms with Gasteiger partial charge in [-0.05, 0) is 67.3 Å². The van der Waals surface area contributed by atoms with Gasteiger partial charge in [-0.1, -0.05) is 18.6 Å². The predicted molar refractivity (Wildman–Crippen MR) is 148 cm³/mol. The number of carbonyl (C=O) groups is 2. The van der Waals surface area contributed by atoms with Crippen molar-refractivity contribution in [3.05, 3.63) is 84.6 Å². The van der Waals surface area contributed by atoms with E-state index in [0.29, 0.717) is 46.8 Å². The van der Waals surface area contributed by atoms with Gasteiger partial charge in [0.1, 0.15) is 36.0 Å². The molecule has 0 radical (unpaired) electrons. The Morgan fingerprint density at radius 3 is 2.83 bits per heavy atom. The smallest absolute Gasteiger partial charge is 0.255 e. The molecule has 0 saturated carbocycles. The minimum atomic E-state index is -0.432. The van der Waals surface area contributed by atoms with E-state index in [1.807, 2.05) is 0 Å². The van der Waals surface area contributed by atoms with E-state index < -0.39 is 5.82 Å². The van der Waals surface area contributed by atoms with Crippen molar-refractivity contribution in [3.63, 3.8) is 0 Å². The van der Waals surface area contributed by atoms with Gasteiger partial charge in [-0.3, -0.25) is 9.59 Å². The quantitative estimate of drug-likeness (QED) is 0.283. The van der Waals surface area contributed by atoms with Crippen LogP contribution in [0.4, 0.5) is 15.9 Å². The van der Waals surface area contributed by atoms with Crippen LogP contribution >= 0.6 is 0 Å². The zero-order chi connectivity index (χ0) is 28.1. The second-order valence-electron chi connectivity index (χ2n) is 9.11. The fraction of sp³-hybridized carbons (Fsp3) is 0.207. The minimum Gasteiger partial charge on any atom is -0.481 e. The molecule has 0 spiro atoms. The number of nitrogen functional groups attached to an aromatic ring is 1. The average molecular weight is 540 g/mol. The molecule has 0 aliphatic carbocycles. The molecule has 2 aromatic heterocycles. The van der Waals surface area contributed by atoms with Crippen LogP contribution < -0.4 is 15.8 Å². The molecule has 202 valence electrons. The van der Waals surface area contributed by atoms with Gasteiger partial charge in [-0.2, -0.15) is 5.10 Å². The first-order valence-corrected chi connectivity index (χ1v) is 12.6. The molecule has 1 saturated heterocycles. The van der Waals surface area contributed by atoms with E-state index in [4.69, 9.17) is 10.5 Å². The predicted octanol–water partition coefficient (Wildman–Crippen LogP) is 3.58. The largest absolute Gasteiger partial charge is 0.481 e. The van der Waals surface area contributed by atoms with Crippen molar-refractivity contribution in [2.45, 2.75) is 18.9 Å². The second kappa shape index (κ2) is 11.7. The maximum Gasteiger partial charge on any atom is 0.255 e. The summed E-state index contributed by atoms with van der Waals surface area (Å²) >= 11 is 0. The van der Waals surface area contributed by atoms with Crippen molar-refractivity contribution in [1.29, 1.82) is 0 Å². The number of hydrogen-bond donors (Lipinski definition) is 2. The van der Waals surface area contributed by atoms with Gasteiger partial charge in [-0.25, -0.2) is 19.0 Å². The summed E-state index contributed by atoms with van der Waals surface area (Å²) in [7, 11) is 0. The average Bonchev–Trinajstić information content (AvgIpc) is 3.35. The molecule has 10 nitrogen and oxygen atoms in total. The van der Waals surface area contributed by atoms with Crippen molar-refractivity contribution in [2.24, 2.45) is 0 Å². The number of nitrogens with two attached hydrogens (primary N) is 1. The minimum absolute atomic E-state index is 0.0574. The highest BCUT2D eigenvalue weighted by Crippen LogP contribution is 2.28. The van der Waals surface area contributed by atoms with Gasteiger partial charge in [0, 0.05) is 24.3 Å². The molecule has 2 aromatic carbocycles. The molecule has 4 aromatic rings. The van der Waals surface area contributed by atoms with E-state index >= 15 is 0 Å². The van der Waals surface area contributed by atoms with Gasteiger partial charge < -0.3 is 20.7 Å². The van der Waals surface area contributed by atoms with E-state index in [2.05, 4.69) is 38.8 Å². The zero-order valence-electron chi connectivity index (χ0n) is 21.5. The summed E-state index contributed by atoms with van der Waals surface area (Å²) in [5.41, 5.74) is 7.90. The maximum atomic E-state index is 13.4. The Balaban J connectivity index is 1.26. The molecular formula is C29H26FN7O3. The fourth-order valence-corrected chi connectivity index (χ4v) is 4.53. The van der Waals surface area contributed by atoms with Gasteiger partial charge >= 0.3 is 0 Å². The van der Waals surface area contributed by atoms with E-state index in [0.717, 1.165) is 12.8 Å². The zero-order valence-corrected chi connectivity index (χ0v) is 21.5. The van der Waals surface area contributed by atoms with E-state index in [9.17, 15) is 14.0 Å². The Bertz CT molecular complexity index is 1640. The molecule has 3 N–H and O–H groups in total. The third-order valence-electron chi connectivity index (χ3n) is 6.46. The number of fused-ring (bicyclic) bond motifs is 1. The number of rotatable bonds is 6. The molecule has 0 unspecified atom stereocenters. The van der Waals surface area contributed by atoms with Crippen LogP contribution in [-0.4, -0.2) is 56.2 Å². The van der Waals surface area contributed by atoms with Gasteiger partial charge in [-0.15, -0.1) is 0 Å². The molecule has 1 aliphatic rings. The summed E-state index contributed by atoms with van der Waals surface area (Å²) in [5.74, 6) is 5.82.